The number of carbonyl (C=O) groups excluding carboxylic acids is 3. The monoisotopic (exact) mass is 390 g/mol. The molecule has 0 aliphatic heterocycles. The molecule has 27 heavy (non-hydrogen) atoms. The van der Waals surface area contributed by atoms with Gasteiger partial charge in [-0.3, -0.25) is 19.7 Å². The van der Waals surface area contributed by atoms with Gasteiger partial charge < -0.3 is 10.1 Å². The third kappa shape index (κ3) is 5.35. The zero-order valence-corrected chi connectivity index (χ0v) is 15.0. The smallest absolute Gasteiger partial charge is 0.340 e. The molecule has 0 saturated heterocycles. The van der Waals surface area contributed by atoms with E-state index in [0.717, 1.165) is 12.1 Å². The molecule has 1 N–H and O–H groups in total. The SMILES string of the molecule is CCC(=O)Nc1ccc(C(=O)COC(=O)c2cc([N+](=O)[O-])ccc2Cl)cc1. The van der Waals surface area contributed by atoms with Crippen molar-refractivity contribution in [2.75, 3.05) is 11.9 Å². The average molecular weight is 391 g/mol. The van der Waals surface area contributed by atoms with Gasteiger partial charge in [-0.05, 0) is 30.3 Å². The molecular weight excluding hydrogens is 376 g/mol. The highest BCUT2D eigenvalue weighted by Crippen LogP contribution is 2.23. The summed E-state index contributed by atoms with van der Waals surface area (Å²) >= 11 is 5.86. The number of hydrogen-bond acceptors (Lipinski definition) is 6. The molecule has 0 atom stereocenters. The summed E-state index contributed by atoms with van der Waals surface area (Å²) in [5, 5.41) is 13.4. The number of nitro groups is 1. The number of nitrogens with one attached hydrogen (secondary N) is 1. The molecule has 0 saturated carbocycles. The van der Waals surface area contributed by atoms with Crippen LogP contribution in [0, 0.1) is 10.1 Å². The molecule has 2 aromatic rings. The third-order valence-electron chi connectivity index (χ3n) is 3.53. The van der Waals surface area contributed by atoms with Crippen molar-refractivity contribution < 1.29 is 24.0 Å². The molecule has 1 amide bonds. The fourth-order valence-corrected chi connectivity index (χ4v) is 2.26. The van der Waals surface area contributed by atoms with Gasteiger partial charge in [0.2, 0.25) is 5.91 Å². The van der Waals surface area contributed by atoms with Crippen molar-refractivity contribution in [2.24, 2.45) is 0 Å². The summed E-state index contributed by atoms with van der Waals surface area (Å²) in [5.74, 6) is -1.57. The first-order valence-electron chi connectivity index (χ1n) is 7.86. The minimum absolute atomic E-state index is 0.0194. The van der Waals surface area contributed by atoms with Gasteiger partial charge in [-0.2, -0.15) is 0 Å². The van der Waals surface area contributed by atoms with E-state index in [0.29, 0.717) is 12.1 Å². The van der Waals surface area contributed by atoms with Crippen molar-refractivity contribution in [3.63, 3.8) is 0 Å². The third-order valence-corrected chi connectivity index (χ3v) is 3.86. The van der Waals surface area contributed by atoms with Crippen molar-refractivity contribution in [3.05, 3.63) is 68.7 Å². The number of rotatable bonds is 7. The molecule has 0 radical (unpaired) electrons. The molecule has 0 aliphatic rings. The van der Waals surface area contributed by atoms with E-state index >= 15 is 0 Å². The van der Waals surface area contributed by atoms with Crippen LogP contribution < -0.4 is 5.32 Å². The summed E-state index contributed by atoms with van der Waals surface area (Å²) in [5.41, 5.74) is 0.305. The lowest BCUT2D eigenvalue weighted by Gasteiger charge is -2.07. The Morgan fingerprint density at radius 3 is 2.41 bits per heavy atom. The second-order valence-electron chi connectivity index (χ2n) is 5.40. The van der Waals surface area contributed by atoms with Gasteiger partial charge in [-0.15, -0.1) is 0 Å². The number of hydrogen-bond donors (Lipinski definition) is 1. The highest BCUT2D eigenvalue weighted by molar-refractivity contribution is 6.33. The van der Waals surface area contributed by atoms with Gasteiger partial charge in [0.15, 0.2) is 12.4 Å². The number of ketones is 1. The van der Waals surface area contributed by atoms with E-state index < -0.39 is 23.3 Å². The maximum atomic E-state index is 12.1. The van der Waals surface area contributed by atoms with Crippen LogP contribution in [0.2, 0.25) is 5.02 Å². The lowest BCUT2D eigenvalue weighted by molar-refractivity contribution is -0.384. The van der Waals surface area contributed by atoms with Crippen molar-refractivity contribution in [2.45, 2.75) is 13.3 Å². The van der Waals surface area contributed by atoms with Gasteiger partial charge in [0.1, 0.15) is 0 Å². The van der Waals surface area contributed by atoms with Crippen molar-refractivity contribution in [1.82, 2.24) is 0 Å². The molecule has 140 valence electrons. The first kappa shape index (κ1) is 20.1. The molecule has 0 bridgehead atoms. The second kappa shape index (κ2) is 8.91. The van der Waals surface area contributed by atoms with Gasteiger partial charge in [0.05, 0.1) is 15.5 Å². The number of esters is 1. The fourth-order valence-electron chi connectivity index (χ4n) is 2.06. The number of non-ortho nitro benzene ring substituents is 1. The van der Waals surface area contributed by atoms with Gasteiger partial charge in [0.25, 0.3) is 5.69 Å². The van der Waals surface area contributed by atoms with Crippen LogP contribution in [0.5, 0.6) is 0 Å². The van der Waals surface area contributed by atoms with Crippen LogP contribution in [-0.4, -0.2) is 29.2 Å². The summed E-state index contributed by atoms with van der Waals surface area (Å²) in [6.45, 7) is 1.16. The van der Waals surface area contributed by atoms with Gasteiger partial charge in [-0.25, -0.2) is 4.79 Å². The zero-order chi connectivity index (χ0) is 20.0. The van der Waals surface area contributed by atoms with Crippen LogP contribution in [0.3, 0.4) is 0 Å². The van der Waals surface area contributed by atoms with E-state index in [1.807, 2.05) is 0 Å². The number of amides is 1. The van der Waals surface area contributed by atoms with E-state index in [2.05, 4.69) is 5.32 Å². The molecule has 2 rings (SSSR count). The molecule has 9 heteroatoms. The standard InChI is InChI=1S/C18H15ClN2O6/c1-2-17(23)20-12-5-3-11(4-6-12)16(22)10-27-18(24)14-9-13(21(25)26)7-8-15(14)19/h3-9H,2,10H2,1H3,(H,20,23). The number of benzene rings is 2. The van der Waals surface area contributed by atoms with E-state index in [1.165, 1.54) is 18.2 Å². The zero-order valence-electron chi connectivity index (χ0n) is 14.2. The number of nitrogens with zero attached hydrogens (tertiary/aromatic N) is 1. The number of carbonyl (C=O) groups is 3. The predicted molar refractivity (Wildman–Crippen MR) is 98.1 cm³/mol. The maximum absolute atomic E-state index is 12.1. The molecule has 0 aromatic heterocycles. The second-order valence-corrected chi connectivity index (χ2v) is 5.81. The van der Waals surface area contributed by atoms with Gasteiger partial charge in [0, 0.05) is 29.8 Å². The quantitative estimate of drug-likeness (QED) is 0.334. The Kier molecular flexibility index (Phi) is 6.62. The lowest BCUT2D eigenvalue weighted by Crippen LogP contribution is -2.15. The Balaban J connectivity index is 2.01. The Hall–Kier alpha value is -3.26. The molecule has 2 aromatic carbocycles. The van der Waals surface area contributed by atoms with Crippen LogP contribution in [0.4, 0.5) is 11.4 Å². The summed E-state index contributed by atoms with van der Waals surface area (Å²) < 4.78 is 4.91. The van der Waals surface area contributed by atoms with E-state index in [4.69, 9.17) is 16.3 Å². The molecule has 0 heterocycles. The number of halogens is 1. The Morgan fingerprint density at radius 2 is 1.81 bits per heavy atom. The number of anilines is 1. The van der Waals surface area contributed by atoms with Crippen LogP contribution in [0.15, 0.2) is 42.5 Å². The largest absolute Gasteiger partial charge is 0.454 e. The molecule has 0 aliphatic carbocycles. The lowest BCUT2D eigenvalue weighted by atomic mass is 10.1. The Morgan fingerprint density at radius 1 is 1.15 bits per heavy atom. The Labute approximate surface area is 159 Å². The summed E-state index contributed by atoms with van der Waals surface area (Å²) in [6, 6.07) is 9.44. The summed E-state index contributed by atoms with van der Waals surface area (Å²) in [4.78, 5) is 45.6. The number of Topliss-reactive ketones (excluding diaryl/α,β-unsaturated/α-hetero) is 1. The molecule has 0 unspecified atom stereocenters. The number of nitro benzene ring substituents is 1. The van der Waals surface area contributed by atoms with Crippen LogP contribution >= 0.6 is 11.6 Å². The van der Waals surface area contributed by atoms with Gasteiger partial charge >= 0.3 is 5.97 Å². The molecular formula is C18H15ClN2O6. The Bertz CT molecular complexity index is 895. The topological polar surface area (TPSA) is 116 Å². The van der Waals surface area contributed by atoms with Crippen molar-refractivity contribution in [3.8, 4) is 0 Å². The highest BCUT2D eigenvalue weighted by atomic mass is 35.5. The first-order valence-corrected chi connectivity index (χ1v) is 8.23. The minimum atomic E-state index is -0.941. The highest BCUT2D eigenvalue weighted by Gasteiger charge is 2.18. The number of ether oxygens (including phenoxy) is 1. The summed E-state index contributed by atoms with van der Waals surface area (Å²) in [7, 11) is 0. The minimum Gasteiger partial charge on any atom is -0.454 e. The van der Waals surface area contributed by atoms with Crippen LogP contribution in [-0.2, 0) is 9.53 Å². The van der Waals surface area contributed by atoms with E-state index in [1.54, 1.807) is 19.1 Å². The fraction of sp³-hybridized carbons (Fsp3) is 0.167. The average Bonchev–Trinajstić information content (AvgIpc) is 2.66. The maximum Gasteiger partial charge on any atom is 0.340 e. The molecule has 0 fully saturated rings. The van der Waals surface area contributed by atoms with Crippen LogP contribution in [0.1, 0.15) is 34.1 Å². The first-order chi connectivity index (χ1) is 12.8. The van der Waals surface area contributed by atoms with Crippen molar-refractivity contribution in [1.29, 1.82) is 0 Å². The van der Waals surface area contributed by atoms with Crippen LogP contribution in [0.25, 0.3) is 0 Å². The van der Waals surface area contributed by atoms with Gasteiger partial charge in [-0.1, -0.05) is 18.5 Å². The predicted octanol–water partition coefficient (Wildman–Crippen LogP) is 3.64. The molecule has 8 nitrogen and oxygen atoms in total. The normalized spacial score (nSPS) is 10.1. The van der Waals surface area contributed by atoms with E-state index in [-0.39, 0.29) is 27.7 Å². The summed E-state index contributed by atoms with van der Waals surface area (Å²) in [6.07, 6.45) is 0.330. The van der Waals surface area contributed by atoms with Crippen molar-refractivity contribution >= 4 is 40.6 Å². The molecule has 0 spiro atoms. The van der Waals surface area contributed by atoms with E-state index in [9.17, 15) is 24.5 Å².